The molecule has 0 bridgehead atoms. The van der Waals surface area contributed by atoms with Gasteiger partial charge in [0.15, 0.2) is 0 Å². The lowest BCUT2D eigenvalue weighted by Crippen LogP contribution is -2.08. The van der Waals surface area contributed by atoms with E-state index in [-0.39, 0.29) is 5.82 Å². The summed E-state index contributed by atoms with van der Waals surface area (Å²) in [6, 6.07) is 4.75. The second-order valence-corrected chi connectivity index (χ2v) is 4.93. The van der Waals surface area contributed by atoms with Crippen LogP contribution in [-0.2, 0) is 13.1 Å². The van der Waals surface area contributed by atoms with E-state index >= 15 is 0 Å². The molecule has 0 spiro atoms. The average Bonchev–Trinajstić information content (AvgIpc) is 2.75. The molecule has 19 heavy (non-hydrogen) atoms. The number of nitrogens with zero attached hydrogens (tertiary/aromatic N) is 2. The van der Waals surface area contributed by atoms with Gasteiger partial charge in [-0.3, -0.25) is 0 Å². The third-order valence-electron chi connectivity index (χ3n) is 3.46. The van der Waals surface area contributed by atoms with Crippen molar-refractivity contribution in [2.75, 3.05) is 0 Å². The van der Waals surface area contributed by atoms with Crippen molar-refractivity contribution in [2.45, 2.75) is 52.1 Å². The minimum Gasteiger partial charge on any atom is -0.327 e. The highest BCUT2D eigenvalue weighted by molar-refractivity contribution is 5.76. The maximum atomic E-state index is 13.2. The Morgan fingerprint density at radius 2 is 2.00 bits per heavy atom. The number of unbranched alkanes of at least 4 members (excludes halogenated alkanes) is 4. The van der Waals surface area contributed by atoms with Crippen LogP contribution in [0, 0.1) is 5.82 Å². The number of hydrogen-bond acceptors (Lipinski definition) is 2. The fourth-order valence-corrected chi connectivity index (χ4v) is 2.43. The summed E-state index contributed by atoms with van der Waals surface area (Å²) in [6.07, 6.45) is 6.16. The Balaban J connectivity index is 2.11. The molecule has 2 aromatic rings. The molecule has 104 valence electrons. The first-order valence-electron chi connectivity index (χ1n) is 7.11. The first kappa shape index (κ1) is 14.0. The molecule has 0 fully saturated rings. The molecule has 1 aromatic heterocycles. The normalized spacial score (nSPS) is 11.3. The highest BCUT2D eigenvalue weighted by Gasteiger charge is 2.09. The van der Waals surface area contributed by atoms with Gasteiger partial charge in [-0.1, -0.05) is 32.6 Å². The molecular weight excluding hydrogens is 241 g/mol. The van der Waals surface area contributed by atoms with Crippen LogP contribution in [0.3, 0.4) is 0 Å². The summed E-state index contributed by atoms with van der Waals surface area (Å²) < 4.78 is 15.3. The summed E-state index contributed by atoms with van der Waals surface area (Å²) in [5.74, 6) is 0.597. The van der Waals surface area contributed by atoms with Gasteiger partial charge in [-0.05, 0) is 18.6 Å². The Kier molecular flexibility index (Phi) is 4.91. The van der Waals surface area contributed by atoms with Crippen molar-refractivity contribution in [3.63, 3.8) is 0 Å². The number of hydrogen-bond donors (Lipinski definition) is 1. The number of halogens is 1. The summed E-state index contributed by atoms with van der Waals surface area (Å²) >= 11 is 0. The molecule has 4 heteroatoms. The third-order valence-corrected chi connectivity index (χ3v) is 3.46. The van der Waals surface area contributed by atoms with Gasteiger partial charge in [0, 0.05) is 12.6 Å². The second kappa shape index (κ2) is 6.66. The Morgan fingerprint density at radius 3 is 2.74 bits per heavy atom. The molecule has 0 unspecified atom stereocenters. The van der Waals surface area contributed by atoms with Gasteiger partial charge >= 0.3 is 0 Å². The number of imidazole rings is 1. The highest BCUT2D eigenvalue weighted by atomic mass is 19.1. The van der Waals surface area contributed by atoms with E-state index in [1.807, 2.05) is 0 Å². The lowest BCUT2D eigenvalue weighted by atomic mass is 10.1. The SMILES string of the molecule is CCCCCCCn1c(CN)nc2cc(F)ccc21. The highest BCUT2D eigenvalue weighted by Crippen LogP contribution is 2.18. The molecule has 0 saturated heterocycles. The van der Waals surface area contributed by atoms with Crippen LogP contribution in [0.4, 0.5) is 4.39 Å². The number of benzene rings is 1. The van der Waals surface area contributed by atoms with Gasteiger partial charge < -0.3 is 10.3 Å². The third kappa shape index (κ3) is 3.32. The molecular formula is C15H22FN3. The quantitative estimate of drug-likeness (QED) is 0.776. The zero-order valence-electron chi connectivity index (χ0n) is 11.5. The van der Waals surface area contributed by atoms with Crippen molar-refractivity contribution in [2.24, 2.45) is 5.73 Å². The van der Waals surface area contributed by atoms with Gasteiger partial charge in [0.05, 0.1) is 17.6 Å². The van der Waals surface area contributed by atoms with Crippen LogP contribution in [0.1, 0.15) is 44.9 Å². The van der Waals surface area contributed by atoms with Gasteiger partial charge in [-0.15, -0.1) is 0 Å². The van der Waals surface area contributed by atoms with Gasteiger partial charge in [0.25, 0.3) is 0 Å². The summed E-state index contributed by atoms with van der Waals surface area (Å²) in [4.78, 5) is 4.41. The second-order valence-electron chi connectivity index (χ2n) is 4.93. The monoisotopic (exact) mass is 263 g/mol. The van der Waals surface area contributed by atoms with E-state index in [2.05, 4.69) is 16.5 Å². The molecule has 2 rings (SSSR count). The van der Waals surface area contributed by atoms with Crippen LogP contribution in [0.25, 0.3) is 11.0 Å². The predicted molar refractivity (Wildman–Crippen MR) is 76.3 cm³/mol. The topological polar surface area (TPSA) is 43.8 Å². The van der Waals surface area contributed by atoms with E-state index in [1.165, 1.54) is 37.8 Å². The predicted octanol–water partition coefficient (Wildman–Crippen LogP) is 3.60. The van der Waals surface area contributed by atoms with Gasteiger partial charge in [0.1, 0.15) is 11.6 Å². The zero-order valence-corrected chi connectivity index (χ0v) is 11.5. The molecule has 0 aliphatic carbocycles. The van der Waals surface area contributed by atoms with E-state index in [9.17, 15) is 4.39 Å². The zero-order chi connectivity index (χ0) is 13.7. The molecule has 0 atom stereocenters. The summed E-state index contributed by atoms with van der Waals surface area (Å²) in [5.41, 5.74) is 7.41. The maximum Gasteiger partial charge on any atom is 0.125 e. The summed E-state index contributed by atoms with van der Waals surface area (Å²) in [5, 5.41) is 0. The summed E-state index contributed by atoms with van der Waals surface area (Å²) in [6.45, 7) is 3.52. The van der Waals surface area contributed by atoms with E-state index in [0.29, 0.717) is 12.1 Å². The molecule has 0 saturated carbocycles. The van der Waals surface area contributed by atoms with Crippen molar-refractivity contribution < 1.29 is 4.39 Å². The van der Waals surface area contributed by atoms with Crippen LogP contribution < -0.4 is 5.73 Å². The largest absolute Gasteiger partial charge is 0.327 e. The number of aromatic nitrogens is 2. The Labute approximate surface area is 113 Å². The minimum absolute atomic E-state index is 0.247. The average molecular weight is 263 g/mol. The van der Waals surface area contributed by atoms with Crippen LogP contribution in [-0.4, -0.2) is 9.55 Å². The molecule has 0 aliphatic rings. The van der Waals surface area contributed by atoms with E-state index in [0.717, 1.165) is 24.3 Å². The number of fused-ring (bicyclic) bond motifs is 1. The first-order valence-corrected chi connectivity index (χ1v) is 7.11. The first-order chi connectivity index (χ1) is 9.26. The van der Waals surface area contributed by atoms with Crippen molar-refractivity contribution in [3.05, 3.63) is 29.8 Å². The molecule has 0 aliphatic heterocycles. The lowest BCUT2D eigenvalue weighted by Gasteiger charge is -2.07. The van der Waals surface area contributed by atoms with E-state index < -0.39 is 0 Å². The van der Waals surface area contributed by atoms with Crippen molar-refractivity contribution in [1.82, 2.24) is 9.55 Å². The smallest absolute Gasteiger partial charge is 0.125 e. The Bertz CT molecular complexity index is 533. The lowest BCUT2D eigenvalue weighted by molar-refractivity contribution is 0.562. The molecule has 2 N–H and O–H groups in total. The minimum atomic E-state index is -0.247. The Hall–Kier alpha value is -1.42. The van der Waals surface area contributed by atoms with Crippen molar-refractivity contribution >= 4 is 11.0 Å². The van der Waals surface area contributed by atoms with Gasteiger partial charge in [-0.25, -0.2) is 9.37 Å². The Morgan fingerprint density at radius 1 is 1.21 bits per heavy atom. The van der Waals surface area contributed by atoms with E-state index in [1.54, 1.807) is 6.07 Å². The van der Waals surface area contributed by atoms with Crippen molar-refractivity contribution in [3.8, 4) is 0 Å². The van der Waals surface area contributed by atoms with Crippen LogP contribution in [0.5, 0.6) is 0 Å². The maximum absolute atomic E-state index is 13.2. The van der Waals surface area contributed by atoms with Crippen molar-refractivity contribution in [1.29, 1.82) is 0 Å². The molecule has 1 aromatic carbocycles. The molecule has 0 radical (unpaired) electrons. The van der Waals surface area contributed by atoms with Crippen LogP contribution >= 0.6 is 0 Å². The standard InChI is InChI=1S/C15H22FN3/c1-2-3-4-5-6-9-19-14-8-7-12(16)10-13(14)18-15(19)11-17/h7-8,10H,2-6,9,11,17H2,1H3. The van der Waals surface area contributed by atoms with Gasteiger partial charge in [-0.2, -0.15) is 0 Å². The van der Waals surface area contributed by atoms with Crippen LogP contribution in [0.15, 0.2) is 18.2 Å². The molecule has 3 nitrogen and oxygen atoms in total. The summed E-state index contributed by atoms with van der Waals surface area (Å²) in [7, 11) is 0. The number of rotatable bonds is 7. The number of nitrogens with two attached hydrogens (primary N) is 1. The fraction of sp³-hybridized carbons (Fsp3) is 0.533. The van der Waals surface area contributed by atoms with Crippen LogP contribution in [0.2, 0.25) is 0 Å². The molecule has 0 amide bonds. The molecule has 1 heterocycles. The van der Waals surface area contributed by atoms with Gasteiger partial charge in [0.2, 0.25) is 0 Å². The number of aryl methyl sites for hydroxylation is 1. The van der Waals surface area contributed by atoms with E-state index in [4.69, 9.17) is 5.73 Å². The fourth-order valence-electron chi connectivity index (χ4n) is 2.43.